The standard InChI is InChI=1S/C6H14.2HI.Mg/c1-3-5-6-4-2;;;/h3-6H2,1-2H3;2*1H;/q;;;+2/p-2. The van der Waals surface area contributed by atoms with Gasteiger partial charge in [0, 0.05) is 0 Å². The van der Waals surface area contributed by atoms with E-state index in [1.54, 1.807) is 0 Å². The molecule has 0 radical (unpaired) electrons. The molecule has 9 heavy (non-hydrogen) atoms. The summed E-state index contributed by atoms with van der Waals surface area (Å²) < 4.78 is 0. The van der Waals surface area contributed by atoms with Gasteiger partial charge < -0.3 is 48.0 Å². The van der Waals surface area contributed by atoms with Gasteiger partial charge in [0.25, 0.3) is 0 Å². The Hall–Kier alpha value is 2.23. The summed E-state index contributed by atoms with van der Waals surface area (Å²) in [4.78, 5) is 0. The van der Waals surface area contributed by atoms with Crippen LogP contribution < -0.4 is 48.0 Å². The van der Waals surface area contributed by atoms with Gasteiger partial charge >= 0.3 is 23.1 Å². The Morgan fingerprint density at radius 1 is 0.778 bits per heavy atom. The van der Waals surface area contributed by atoms with E-state index in [9.17, 15) is 0 Å². The van der Waals surface area contributed by atoms with E-state index in [1.165, 1.54) is 25.7 Å². The monoisotopic (exact) mass is 364 g/mol. The Kier molecular flexibility index (Phi) is 56.1. The van der Waals surface area contributed by atoms with Gasteiger partial charge in [0.1, 0.15) is 0 Å². The van der Waals surface area contributed by atoms with Crippen molar-refractivity contribution in [3.8, 4) is 0 Å². The first-order chi connectivity index (χ1) is 2.91. The second-order valence-electron chi connectivity index (χ2n) is 1.71. The van der Waals surface area contributed by atoms with Gasteiger partial charge in [-0.2, -0.15) is 0 Å². The van der Waals surface area contributed by atoms with Crippen molar-refractivity contribution in [1.82, 2.24) is 0 Å². The Bertz CT molecular complexity index is 23.0. The van der Waals surface area contributed by atoms with Crippen molar-refractivity contribution < 1.29 is 48.0 Å². The molecule has 0 bridgehead atoms. The number of halogens is 2. The topological polar surface area (TPSA) is 0 Å². The van der Waals surface area contributed by atoms with Crippen molar-refractivity contribution in [3.63, 3.8) is 0 Å². The molecule has 0 unspecified atom stereocenters. The predicted octanol–water partition coefficient (Wildman–Crippen LogP) is -3.79. The summed E-state index contributed by atoms with van der Waals surface area (Å²) in [6, 6.07) is 0. The second-order valence-corrected chi connectivity index (χ2v) is 1.71. The average Bonchev–Trinajstić information content (AvgIpc) is 1.61. The van der Waals surface area contributed by atoms with Crippen LogP contribution in [0.1, 0.15) is 39.5 Å². The van der Waals surface area contributed by atoms with Gasteiger partial charge in [0.2, 0.25) is 0 Å². The first kappa shape index (κ1) is 22.5. The van der Waals surface area contributed by atoms with Gasteiger partial charge in [-0.15, -0.1) is 0 Å². The van der Waals surface area contributed by atoms with Crippen LogP contribution in [-0.4, -0.2) is 23.1 Å². The van der Waals surface area contributed by atoms with Crippen molar-refractivity contribution in [2.24, 2.45) is 0 Å². The van der Waals surface area contributed by atoms with Gasteiger partial charge in [-0.25, -0.2) is 0 Å². The van der Waals surface area contributed by atoms with Crippen LogP contribution in [0.4, 0.5) is 0 Å². The molecule has 54 valence electrons. The van der Waals surface area contributed by atoms with Crippen LogP contribution in [0, 0.1) is 0 Å². The van der Waals surface area contributed by atoms with Crippen LogP contribution in [0.2, 0.25) is 0 Å². The molecular formula is C6H14I2Mg. The van der Waals surface area contributed by atoms with Crippen molar-refractivity contribution in [1.29, 1.82) is 0 Å². The van der Waals surface area contributed by atoms with Crippen LogP contribution in [0.25, 0.3) is 0 Å². The quantitative estimate of drug-likeness (QED) is 0.274. The summed E-state index contributed by atoms with van der Waals surface area (Å²) in [6.07, 6.45) is 5.54. The normalized spacial score (nSPS) is 6.00. The molecule has 0 aliphatic rings. The summed E-state index contributed by atoms with van der Waals surface area (Å²) in [5.41, 5.74) is 0. The number of hydrogen-bond acceptors (Lipinski definition) is 0. The van der Waals surface area contributed by atoms with E-state index in [-0.39, 0.29) is 71.0 Å². The summed E-state index contributed by atoms with van der Waals surface area (Å²) in [6.45, 7) is 4.46. The molecule has 0 heterocycles. The van der Waals surface area contributed by atoms with E-state index < -0.39 is 0 Å². The van der Waals surface area contributed by atoms with Gasteiger partial charge in [-0.1, -0.05) is 39.5 Å². The van der Waals surface area contributed by atoms with Crippen LogP contribution >= 0.6 is 0 Å². The minimum absolute atomic E-state index is 0. The van der Waals surface area contributed by atoms with Gasteiger partial charge in [-0.05, 0) is 0 Å². The molecule has 0 aromatic heterocycles. The van der Waals surface area contributed by atoms with Gasteiger partial charge in [-0.3, -0.25) is 0 Å². The molecule has 0 saturated carbocycles. The number of hydrogen-bond donors (Lipinski definition) is 0. The maximum absolute atomic E-state index is 2.23. The zero-order chi connectivity index (χ0) is 4.83. The maximum Gasteiger partial charge on any atom is 2.00 e. The van der Waals surface area contributed by atoms with Gasteiger partial charge in [0.15, 0.2) is 0 Å². The molecule has 0 rings (SSSR count). The van der Waals surface area contributed by atoms with Crippen molar-refractivity contribution in [2.45, 2.75) is 39.5 Å². The Labute approximate surface area is 109 Å². The van der Waals surface area contributed by atoms with E-state index in [1.807, 2.05) is 0 Å². The molecule has 0 nitrogen and oxygen atoms in total. The Morgan fingerprint density at radius 3 is 1.11 bits per heavy atom. The van der Waals surface area contributed by atoms with Crippen LogP contribution in [0.5, 0.6) is 0 Å². The molecule has 0 aromatic rings. The average molecular weight is 364 g/mol. The van der Waals surface area contributed by atoms with E-state index in [2.05, 4.69) is 13.8 Å². The Morgan fingerprint density at radius 2 is 1.00 bits per heavy atom. The molecule has 0 N–H and O–H groups in total. The summed E-state index contributed by atoms with van der Waals surface area (Å²) >= 11 is 0. The summed E-state index contributed by atoms with van der Waals surface area (Å²) in [5.74, 6) is 0. The fourth-order valence-electron chi connectivity index (χ4n) is 0.500. The first-order valence-corrected chi connectivity index (χ1v) is 2.91. The smallest absolute Gasteiger partial charge is 1.00 e. The minimum Gasteiger partial charge on any atom is -1.00 e. The van der Waals surface area contributed by atoms with E-state index in [4.69, 9.17) is 0 Å². The molecule has 0 aliphatic heterocycles. The zero-order valence-electron chi connectivity index (χ0n) is 6.29. The second kappa shape index (κ2) is 22.5. The number of unbranched alkanes of at least 4 members (excludes halogenated alkanes) is 3. The fourth-order valence-corrected chi connectivity index (χ4v) is 0.500. The molecule has 0 amide bonds. The van der Waals surface area contributed by atoms with E-state index in [0.717, 1.165) is 0 Å². The molecule has 0 saturated heterocycles. The largest absolute Gasteiger partial charge is 2.00 e. The third kappa shape index (κ3) is 25.3. The maximum atomic E-state index is 2.23. The summed E-state index contributed by atoms with van der Waals surface area (Å²) in [5, 5.41) is 0. The first-order valence-electron chi connectivity index (χ1n) is 2.91. The molecule has 0 aliphatic carbocycles. The molecule has 0 fully saturated rings. The fraction of sp³-hybridized carbons (Fsp3) is 1.00. The van der Waals surface area contributed by atoms with Crippen LogP contribution in [0.15, 0.2) is 0 Å². The Balaban J connectivity index is -0.0000000417. The zero-order valence-corrected chi connectivity index (χ0v) is 12.0. The molecule has 0 aromatic carbocycles. The van der Waals surface area contributed by atoms with Crippen LogP contribution in [0.3, 0.4) is 0 Å². The third-order valence-corrected chi connectivity index (χ3v) is 0.957. The molecule has 0 spiro atoms. The summed E-state index contributed by atoms with van der Waals surface area (Å²) in [7, 11) is 0. The predicted molar refractivity (Wildman–Crippen MR) is 35.6 cm³/mol. The van der Waals surface area contributed by atoms with Gasteiger partial charge in [0.05, 0.1) is 0 Å². The van der Waals surface area contributed by atoms with Crippen LogP contribution in [-0.2, 0) is 0 Å². The molecular weight excluding hydrogens is 350 g/mol. The molecule has 0 atom stereocenters. The third-order valence-electron chi connectivity index (χ3n) is 0.957. The SMILES string of the molecule is CCCCCC.[I-].[I-].[Mg+2]. The van der Waals surface area contributed by atoms with Crippen molar-refractivity contribution in [2.75, 3.05) is 0 Å². The number of rotatable bonds is 3. The van der Waals surface area contributed by atoms with E-state index >= 15 is 0 Å². The minimum atomic E-state index is 0. The van der Waals surface area contributed by atoms with Crippen molar-refractivity contribution >= 4 is 23.1 Å². The molecule has 3 heteroatoms. The van der Waals surface area contributed by atoms with E-state index in [0.29, 0.717) is 0 Å². The van der Waals surface area contributed by atoms with Crippen molar-refractivity contribution in [3.05, 3.63) is 0 Å².